The molecule has 1 saturated heterocycles. The first-order valence-electron chi connectivity index (χ1n) is 12.8. The Balaban J connectivity index is 1.48. The molecule has 0 spiro atoms. The summed E-state index contributed by atoms with van der Waals surface area (Å²) in [6.45, 7) is 3.97. The lowest BCUT2D eigenvalue weighted by Crippen LogP contribution is -2.44. The lowest BCUT2D eigenvalue weighted by molar-refractivity contribution is -0.165. The van der Waals surface area contributed by atoms with Crippen molar-refractivity contribution in [3.8, 4) is 5.75 Å². The summed E-state index contributed by atoms with van der Waals surface area (Å²) >= 11 is 6.21. The van der Waals surface area contributed by atoms with Gasteiger partial charge in [-0.05, 0) is 48.8 Å². The van der Waals surface area contributed by atoms with Crippen molar-refractivity contribution in [1.82, 2.24) is 0 Å². The highest BCUT2D eigenvalue weighted by Gasteiger charge is 2.43. The van der Waals surface area contributed by atoms with Crippen LogP contribution in [0.3, 0.4) is 0 Å². The highest BCUT2D eigenvalue weighted by Crippen LogP contribution is 2.44. The zero-order valence-electron chi connectivity index (χ0n) is 20.7. The van der Waals surface area contributed by atoms with Crippen molar-refractivity contribution in [2.45, 2.75) is 82.9 Å². The van der Waals surface area contributed by atoms with E-state index in [0.717, 1.165) is 12.0 Å². The number of benzene rings is 1. The van der Waals surface area contributed by atoms with Crippen LogP contribution in [0.2, 0.25) is 5.02 Å². The second-order valence-electron chi connectivity index (χ2n) is 10.1. The van der Waals surface area contributed by atoms with Gasteiger partial charge in [0, 0.05) is 18.8 Å². The molecule has 1 fully saturated rings. The minimum Gasteiger partial charge on any atom is -0.477 e. The van der Waals surface area contributed by atoms with Gasteiger partial charge >= 0.3 is 11.9 Å². The Morgan fingerprint density at radius 3 is 2.72 bits per heavy atom. The molecule has 1 aromatic carbocycles. The summed E-state index contributed by atoms with van der Waals surface area (Å²) in [7, 11) is 0. The van der Waals surface area contributed by atoms with Gasteiger partial charge in [0.25, 0.3) is 0 Å². The maximum absolute atomic E-state index is 13.2. The average molecular weight is 519 g/mol. The van der Waals surface area contributed by atoms with Gasteiger partial charge in [0.2, 0.25) is 0 Å². The minimum absolute atomic E-state index is 0.0410. The molecule has 0 saturated carbocycles. The van der Waals surface area contributed by atoms with Crippen molar-refractivity contribution in [2.75, 3.05) is 0 Å². The molecular weight excluding hydrogens is 484 g/mol. The van der Waals surface area contributed by atoms with E-state index in [9.17, 15) is 19.8 Å². The summed E-state index contributed by atoms with van der Waals surface area (Å²) in [5.74, 6) is -0.209. The molecule has 7 nitrogen and oxygen atoms in total. The van der Waals surface area contributed by atoms with Crippen molar-refractivity contribution in [1.29, 1.82) is 0 Å². The Bertz CT molecular complexity index is 1010. The van der Waals surface area contributed by atoms with E-state index in [1.807, 2.05) is 19.1 Å². The summed E-state index contributed by atoms with van der Waals surface area (Å²) in [5, 5.41) is 20.9. The molecule has 1 aromatic rings. The number of carbonyl (C=O) groups is 2. The van der Waals surface area contributed by atoms with E-state index in [-0.39, 0.29) is 36.2 Å². The fraction of sp³-hybridized carbons (Fsp3) is 0.571. The molecule has 0 bridgehead atoms. The quantitative estimate of drug-likeness (QED) is 0.492. The molecule has 36 heavy (non-hydrogen) atoms. The molecule has 5 unspecified atom stereocenters. The molecule has 8 atom stereocenters. The second-order valence-corrected chi connectivity index (χ2v) is 10.5. The first-order valence-corrected chi connectivity index (χ1v) is 13.2. The molecule has 4 rings (SSSR count). The fourth-order valence-electron chi connectivity index (χ4n) is 5.62. The molecule has 1 aliphatic heterocycles. The van der Waals surface area contributed by atoms with Crippen LogP contribution in [0, 0.1) is 17.8 Å². The number of para-hydroxylation sites is 1. The van der Waals surface area contributed by atoms with Crippen LogP contribution in [-0.2, 0) is 19.1 Å². The predicted molar refractivity (Wildman–Crippen MR) is 134 cm³/mol. The molecule has 0 aromatic heterocycles. The number of cyclic esters (lactones) is 1. The third-order valence-corrected chi connectivity index (χ3v) is 7.75. The van der Waals surface area contributed by atoms with Gasteiger partial charge in [0.05, 0.1) is 23.7 Å². The van der Waals surface area contributed by atoms with Crippen LogP contribution in [0.15, 0.2) is 48.1 Å². The molecule has 0 radical (unpaired) electrons. The van der Waals surface area contributed by atoms with Crippen LogP contribution in [0.5, 0.6) is 5.75 Å². The van der Waals surface area contributed by atoms with Crippen molar-refractivity contribution in [2.24, 2.45) is 17.8 Å². The number of esters is 2. The lowest BCUT2D eigenvalue weighted by Gasteiger charge is -2.43. The van der Waals surface area contributed by atoms with Gasteiger partial charge in [0.15, 0.2) is 6.10 Å². The zero-order valence-corrected chi connectivity index (χ0v) is 21.5. The van der Waals surface area contributed by atoms with Crippen molar-refractivity contribution < 1.29 is 34.0 Å². The Morgan fingerprint density at radius 2 is 2.00 bits per heavy atom. The Labute approximate surface area is 217 Å². The van der Waals surface area contributed by atoms with Gasteiger partial charge in [-0.2, -0.15) is 0 Å². The first kappa shape index (κ1) is 26.7. The monoisotopic (exact) mass is 518 g/mol. The maximum Gasteiger partial charge on any atom is 0.347 e. The second kappa shape index (κ2) is 11.8. The number of ether oxygens (including phenoxy) is 3. The normalized spacial score (nSPS) is 32.6. The Morgan fingerprint density at radius 1 is 1.22 bits per heavy atom. The number of carbonyl (C=O) groups excluding carboxylic acids is 2. The van der Waals surface area contributed by atoms with Crippen molar-refractivity contribution in [3.63, 3.8) is 0 Å². The summed E-state index contributed by atoms with van der Waals surface area (Å²) in [5.41, 5.74) is 0.954. The van der Waals surface area contributed by atoms with Crippen molar-refractivity contribution >= 4 is 23.5 Å². The van der Waals surface area contributed by atoms with Crippen LogP contribution in [0.1, 0.15) is 52.4 Å². The zero-order chi connectivity index (χ0) is 25.8. The molecular formula is C28H35ClO7. The van der Waals surface area contributed by atoms with E-state index in [2.05, 4.69) is 13.0 Å². The van der Waals surface area contributed by atoms with E-state index in [1.54, 1.807) is 24.3 Å². The van der Waals surface area contributed by atoms with E-state index in [1.165, 1.54) is 0 Å². The number of halogens is 1. The van der Waals surface area contributed by atoms with Gasteiger partial charge < -0.3 is 24.4 Å². The largest absolute Gasteiger partial charge is 0.477 e. The van der Waals surface area contributed by atoms with E-state index >= 15 is 0 Å². The Kier molecular flexibility index (Phi) is 8.75. The third kappa shape index (κ3) is 6.31. The molecule has 3 aliphatic rings. The number of fused-ring (bicyclic) bond motifs is 1. The van der Waals surface area contributed by atoms with E-state index in [4.69, 9.17) is 25.8 Å². The number of rotatable bonds is 8. The summed E-state index contributed by atoms with van der Waals surface area (Å²) in [6.07, 6.45) is 5.44. The number of hydrogen-bond donors (Lipinski definition) is 2. The fourth-order valence-corrected chi connectivity index (χ4v) is 5.80. The van der Waals surface area contributed by atoms with Gasteiger partial charge in [-0.15, -0.1) is 0 Å². The van der Waals surface area contributed by atoms with Crippen LogP contribution < -0.4 is 4.74 Å². The van der Waals surface area contributed by atoms with Crippen LogP contribution >= 0.6 is 11.6 Å². The molecule has 196 valence electrons. The number of aliphatic hydroxyl groups is 2. The molecule has 8 heteroatoms. The minimum atomic E-state index is -0.824. The molecule has 0 amide bonds. The summed E-state index contributed by atoms with van der Waals surface area (Å²) in [6, 6.07) is 6.99. The van der Waals surface area contributed by atoms with Gasteiger partial charge in [0.1, 0.15) is 18.0 Å². The van der Waals surface area contributed by atoms with E-state index < -0.39 is 30.4 Å². The number of allylic oxidation sites excluding steroid dienone is 2. The van der Waals surface area contributed by atoms with Gasteiger partial charge in [-0.1, -0.05) is 55.8 Å². The molecule has 2 N–H and O–H groups in total. The van der Waals surface area contributed by atoms with Gasteiger partial charge in [-0.3, -0.25) is 4.79 Å². The predicted octanol–water partition coefficient (Wildman–Crippen LogP) is 4.39. The molecule has 2 aliphatic carbocycles. The standard InChI is InChI=1S/C28H35ClO7/c1-3-23(35-24-7-5-4-6-22(24)29)28(33)36-25-14-18(30)12-17-9-8-16(2)21(27(17)25)11-10-20-13-19(31)15-26(32)34-20/h4-9,12,16,18-21,23,25,27,30-31H,3,10-11,13-15H2,1-2H3/t16?,18?,19-,20-,21?,23+,25?,27?/m1/s1. The summed E-state index contributed by atoms with van der Waals surface area (Å²) in [4.78, 5) is 25.0. The highest BCUT2D eigenvalue weighted by molar-refractivity contribution is 6.32. The smallest absolute Gasteiger partial charge is 0.347 e. The lowest BCUT2D eigenvalue weighted by atomic mass is 9.66. The third-order valence-electron chi connectivity index (χ3n) is 7.44. The van der Waals surface area contributed by atoms with Crippen LogP contribution in [0.25, 0.3) is 0 Å². The topological polar surface area (TPSA) is 102 Å². The molecule has 1 heterocycles. The van der Waals surface area contributed by atoms with Crippen LogP contribution in [-0.4, -0.2) is 52.7 Å². The first-order chi connectivity index (χ1) is 17.2. The summed E-state index contributed by atoms with van der Waals surface area (Å²) < 4.78 is 17.4. The SMILES string of the molecule is CC[C@H](Oc1ccccc1Cl)C(=O)OC1CC(O)C=C2C=CC(C)C(CC[C@@H]3C[C@@H](O)CC(=O)O3)C21. The van der Waals surface area contributed by atoms with Crippen molar-refractivity contribution in [3.05, 3.63) is 53.1 Å². The average Bonchev–Trinajstić information content (AvgIpc) is 2.82. The highest BCUT2D eigenvalue weighted by atomic mass is 35.5. The van der Waals surface area contributed by atoms with Crippen LogP contribution in [0.4, 0.5) is 0 Å². The Hall–Kier alpha value is -2.35. The van der Waals surface area contributed by atoms with E-state index in [0.29, 0.717) is 36.5 Å². The maximum atomic E-state index is 13.2. The number of aliphatic hydroxyl groups excluding tert-OH is 2. The van der Waals surface area contributed by atoms with Gasteiger partial charge in [-0.25, -0.2) is 4.79 Å². The number of hydrogen-bond acceptors (Lipinski definition) is 7.